The maximum absolute atomic E-state index is 4.38. The van der Waals surface area contributed by atoms with Crippen molar-refractivity contribution in [3.63, 3.8) is 0 Å². The first kappa shape index (κ1) is 13.3. The molecule has 0 aliphatic carbocycles. The average Bonchev–Trinajstić information content (AvgIpc) is 2.88. The number of rotatable bonds is 7. The largest absolute Gasteiger partial charge is 0.263 e. The number of alkyl halides is 1. The van der Waals surface area contributed by atoms with Gasteiger partial charge >= 0.3 is 0 Å². The number of pyridine rings is 1. The molecule has 3 nitrogen and oxygen atoms in total. The van der Waals surface area contributed by atoms with Crippen LogP contribution in [0.2, 0.25) is 0 Å². The summed E-state index contributed by atoms with van der Waals surface area (Å²) in [6.07, 6.45) is 8.64. The summed E-state index contributed by atoms with van der Waals surface area (Å²) < 4.78 is 2.05. The van der Waals surface area contributed by atoms with E-state index in [-0.39, 0.29) is 0 Å². The third-order valence-electron chi connectivity index (χ3n) is 2.90. The van der Waals surface area contributed by atoms with Crippen molar-refractivity contribution in [2.24, 2.45) is 0 Å². The number of unbranched alkanes of at least 4 members (excludes halogenated alkanes) is 3. The third kappa shape index (κ3) is 3.67. The van der Waals surface area contributed by atoms with Gasteiger partial charge in [0.25, 0.3) is 0 Å². The molecule has 0 aliphatic rings. The van der Waals surface area contributed by atoms with Crippen LogP contribution in [0, 0.1) is 0 Å². The van der Waals surface area contributed by atoms with Crippen molar-refractivity contribution in [2.75, 3.05) is 5.33 Å². The highest BCUT2D eigenvalue weighted by atomic mass is 79.9. The number of hydrogen-bond donors (Lipinski definition) is 0. The lowest BCUT2D eigenvalue weighted by molar-refractivity contribution is 0.546. The summed E-state index contributed by atoms with van der Waals surface area (Å²) in [4.78, 5) is 4.37. The van der Waals surface area contributed by atoms with Gasteiger partial charge in [-0.25, -0.2) is 0 Å². The highest BCUT2D eigenvalue weighted by Crippen LogP contribution is 2.16. The maximum Gasteiger partial charge on any atom is 0.0882 e. The van der Waals surface area contributed by atoms with Crippen LogP contribution in [0.3, 0.4) is 0 Å². The van der Waals surface area contributed by atoms with E-state index in [9.17, 15) is 0 Å². The maximum atomic E-state index is 4.38. The Labute approximate surface area is 116 Å². The lowest BCUT2D eigenvalue weighted by atomic mass is 10.2. The molecule has 0 bridgehead atoms. The Morgan fingerprint density at radius 2 is 1.89 bits per heavy atom. The van der Waals surface area contributed by atoms with Crippen molar-refractivity contribution >= 4 is 15.9 Å². The summed E-state index contributed by atoms with van der Waals surface area (Å²) in [6.45, 7) is 0.973. The van der Waals surface area contributed by atoms with Crippen molar-refractivity contribution in [1.29, 1.82) is 0 Å². The highest BCUT2D eigenvalue weighted by molar-refractivity contribution is 9.09. The van der Waals surface area contributed by atoms with Gasteiger partial charge < -0.3 is 0 Å². The molecule has 0 saturated carbocycles. The van der Waals surface area contributed by atoms with Crippen LogP contribution in [-0.4, -0.2) is 20.1 Å². The first-order chi connectivity index (χ1) is 8.92. The van der Waals surface area contributed by atoms with Crippen LogP contribution in [-0.2, 0) is 6.54 Å². The molecule has 18 heavy (non-hydrogen) atoms. The Balaban J connectivity index is 1.92. The molecule has 0 aliphatic heterocycles. The zero-order valence-electron chi connectivity index (χ0n) is 10.4. The van der Waals surface area contributed by atoms with Gasteiger partial charge in [0.1, 0.15) is 0 Å². The highest BCUT2D eigenvalue weighted by Gasteiger charge is 2.05. The lowest BCUT2D eigenvalue weighted by Crippen LogP contribution is -2.03. The van der Waals surface area contributed by atoms with E-state index in [1.54, 1.807) is 0 Å². The number of halogens is 1. The molecule has 2 aromatic heterocycles. The first-order valence-electron chi connectivity index (χ1n) is 6.41. The van der Waals surface area contributed by atoms with Crippen LogP contribution in [0.25, 0.3) is 11.4 Å². The minimum atomic E-state index is 0.973. The quantitative estimate of drug-likeness (QED) is 0.574. The van der Waals surface area contributed by atoms with Gasteiger partial charge in [0.05, 0.1) is 11.4 Å². The molecule has 0 spiro atoms. The van der Waals surface area contributed by atoms with E-state index in [4.69, 9.17) is 0 Å². The second-order valence-corrected chi connectivity index (χ2v) is 5.05. The molecule has 0 N–H and O–H groups in total. The predicted octanol–water partition coefficient (Wildman–Crippen LogP) is 3.90. The van der Waals surface area contributed by atoms with Crippen LogP contribution in [0.1, 0.15) is 25.7 Å². The van der Waals surface area contributed by atoms with Gasteiger partial charge in [-0.1, -0.05) is 34.8 Å². The van der Waals surface area contributed by atoms with E-state index in [1.807, 2.05) is 36.7 Å². The summed E-state index contributed by atoms with van der Waals surface area (Å²) in [5, 5.41) is 5.48. The van der Waals surface area contributed by atoms with Crippen molar-refractivity contribution in [1.82, 2.24) is 14.8 Å². The van der Waals surface area contributed by atoms with Crippen molar-refractivity contribution in [2.45, 2.75) is 32.2 Å². The fourth-order valence-corrected chi connectivity index (χ4v) is 2.35. The molecule has 0 amide bonds. The van der Waals surface area contributed by atoms with Crippen LogP contribution < -0.4 is 0 Å². The van der Waals surface area contributed by atoms with Crippen LogP contribution in [0.5, 0.6) is 0 Å². The van der Waals surface area contributed by atoms with E-state index >= 15 is 0 Å². The Kier molecular flexibility index (Phi) is 5.39. The predicted molar refractivity (Wildman–Crippen MR) is 77.7 cm³/mol. The normalized spacial score (nSPS) is 10.7. The van der Waals surface area contributed by atoms with Gasteiger partial charge in [-0.3, -0.25) is 9.67 Å². The van der Waals surface area contributed by atoms with E-state index in [0.29, 0.717) is 0 Å². The van der Waals surface area contributed by atoms with Crippen LogP contribution >= 0.6 is 15.9 Å². The Bertz CT molecular complexity index is 453. The third-order valence-corrected chi connectivity index (χ3v) is 3.46. The fourth-order valence-electron chi connectivity index (χ4n) is 1.95. The smallest absolute Gasteiger partial charge is 0.0882 e. The molecule has 2 aromatic rings. The average molecular weight is 308 g/mol. The van der Waals surface area contributed by atoms with Gasteiger partial charge in [-0.05, 0) is 31.0 Å². The Morgan fingerprint density at radius 3 is 2.67 bits per heavy atom. The van der Waals surface area contributed by atoms with Gasteiger partial charge in [0.2, 0.25) is 0 Å². The molecule has 4 heteroatoms. The molecule has 0 fully saturated rings. The molecular weight excluding hydrogens is 290 g/mol. The first-order valence-corrected chi connectivity index (χ1v) is 7.53. The van der Waals surface area contributed by atoms with E-state index in [0.717, 1.165) is 23.3 Å². The molecule has 0 atom stereocenters. The van der Waals surface area contributed by atoms with Gasteiger partial charge in [0, 0.05) is 24.3 Å². The summed E-state index contributed by atoms with van der Waals surface area (Å²) >= 11 is 3.46. The van der Waals surface area contributed by atoms with Gasteiger partial charge in [-0.2, -0.15) is 5.10 Å². The summed E-state index contributed by atoms with van der Waals surface area (Å²) in [5.41, 5.74) is 2.10. The number of aryl methyl sites for hydroxylation is 1. The zero-order chi connectivity index (χ0) is 12.6. The summed E-state index contributed by atoms with van der Waals surface area (Å²) in [7, 11) is 0. The number of hydrogen-bond acceptors (Lipinski definition) is 2. The van der Waals surface area contributed by atoms with Crippen LogP contribution in [0.4, 0.5) is 0 Å². The zero-order valence-corrected chi connectivity index (χ0v) is 12.0. The fraction of sp³-hybridized carbons (Fsp3) is 0.429. The van der Waals surface area contributed by atoms with Crippen molar-refractivity contribution < 1.29 is 0 Å². The Morgan fingerprint density at radius 1 is 1.00 bits per heavy atom. The molecule has 0 saturated heterocycles. The molecule has 96 valence electrons. The number of nitrogens with zero attached hydrogens (tertiary/aromatic N) is 3. The van der Waals surface area contributed by atoms with Gasteiger partial charge in [-0.15, -0.1) is 0 Å². The summed E-state index contributed by atoms with van der Waals surface area (Å²) in [6, 6.07) is 8.00. The second-order valence-electron chi connectivity index (χ2n) is 4.26. The summed E-state index contributed by atoms with van der Waals surface area (Å²) in [5.74, 6) is 0. The lowest BCUT2D eigenvalue weighted by Gasteiger charge is -2.06. The molecule has 0 aromatic carbocycles. The van der Waals surface area contributed by atoms with E-state index in [2.05, 4.69) is 30.7 Å². The molecular formula is C14H18BrN3. The number of aromatic nitrogens is 3. The second kappa shape index (κ2) is 7.31. The minimum absolute atomic E-state index is 0.973. The molecule has 0 unspecified atom stereocenters. The molecule has 2 rings (SSSR count). The van der Waals surface area contributed by atoms with E-state index in [1.165, 1.54) is 25.7 Å². The minimum Gasteiger partial charge on any atom is -0.263 e. The SMILES string of the molecule is BrCCCCCCn1nccc1-c1ccccn1. The molecule has 2 heterocycles. The Hall–Kier alpha value is -1.16. The van der Waals surface area contributed by atoms with Crippen molar-refractivity contribution in [3.05, 3.63) is 36.7 Å². The van der Waals surface area contributed by atoms with Crippen LogP contribution in [0.15, 0.2) is 36.7 Å². The topological polar surface area (TPSA) is 30.7 Å². The van der Waals surface area contributed by atoms with Gasteiger partial charge in [0.15, 0.2) is 0 Å². The van der Waals surface area contributed by atoms with E-state index < -0.39 is 0 Å². The standard InChI is InChI=1S/C14H18BrN3/c15-9-4-1-2-6-12-18-14(8-11-17-18)13-7-3-5-10-16-13/h3,5,7-8,10-11H,1-2,4,6,9,12H2. The monoisotopic (exact) mass is 307 g/mol. The molecule has 0 radical (unpaired) electrons. The van der Waals surface area contributed by atoms with Crippen molar-refractivity contribution in [3.8, 4) is 11.4 Å².